The first kappa shape index (κ1) is 16.7. The van der Waals surface area contributed by atoms with Gasteiger partial charge in [-0.25, -0.2) is 0 Å². The van der Waals surface area contributed by atoms with Gasteiger partial charge in [0, 0.05) is 17.4 Å². The summed E-state index contributed by atoms with van der Waals surface area (Å²) in [6, 6.07) is 6.25. The van der Waals surface area contributed by atoms with Crippen LogP contribution in [0.25, 0.3) is 0 Å². The van der Waals surface area contributed by atoms with Crippen LogP contribution in [0.2, 0.25) is 0 Å². The van der Waals surface area contributed by atoms with Gasteiger partial charge >= 0.3 is 0 Å². The van der Waals surface area contributed by atoms with Crippen LogP contribution in [-0.2, 0) is 13.0 Å². The fourth-order valence-corrected chi connectivity index (χ4v) is 3.44. The highest BCUT2D eigenvalue weighted by atomic mass is 79.9. The SMILES string of the molecule is CCn1nc(C)c(Br)c1CC(NN)c1cccc(C)c1Br. The number of aryl methyl sites for hydroxylation is 3. The molecule has 0 aliphatic rings. The summed E-state index contributed by atoms with van der Waals surface area (Å²) in [6.07, 6.45) is 0.772. The lowest BCUT2D eigenvalue weighted by atomic mass is 10.0. The number of hydrazine groups is 1. The van der Waals surface area contributed by atoms with E-state index in [0.717, 1.165) is 38.9 Å². The predicted octanol–water partition coefficient (Wildman–Crippen LogP) is 3.79. The normalized spacial score (nSPS) is 12.7. The first-order valence-corrected chi connectivity index (χ1v) is 8.51. The maximum Gasteiger partial charge on any atom is 0.0738 e. The summed E-state index contributed by atoms with van der Waals surface area (Å²) in [5.74, 6) is 5.80. The number of nitrogens with two attached hydrogens (primary N) is 1. The monoisotopic (exact) mass is 414 g/mol. The molecule has 1 unspecified atom stereocenters. The largest absolute Gasteiger partial charge is 0.271 e. The Morgan fingerprint density at radius 3 is 2.62 bits per heavy atom. The molecule has 2 rings (SSSR count). The van der Waals surface area contributed by atoms with E-state index in [2.05, 4.69) is 74.4 Å². The third kappa shape index (κ3) is 3.39. The fourth-order valence-electron chi connectivity index (χ4n) is 2.46. The minimum Gasteiger partial charge on any atom is -0.271 e. The van der Waals surface area contributed by atoms with Crippen molar-refractivity contribution in [3.63, 3.8) is 0 Å². The molecule has 1 atom stereocenters. The van der Waals surface area contributed by atoms with Crippen LogP contribution in [0.3, 0.4) is 0 Å². The number of nitrogens with one attached hydrogen (secondary N) is 1. The zero-order chi connectivity index (χ0) is 15.6. The molecule has 1 aromatic heterocycles. The van der Waals surface area contributed by atoms with Crippen LogP contribution in [0, 0.1) is 13.8 Å². The van der Waals surface area contributed by atoms with Gasteiger partial charge in [-0.3, -0.25) is 16.0 Å². The quantitative estimate of drug-likeness (QED) is 0.576. The van der Waals surface area contributed by atoms with Crippen LogP contribution in [0.4, 0.5) is 0 Å². The number of halogens is 2. The summed E-state index contributed by atoms with van der Waals surface area (Å²) < 4.78 is 4.18. The first-order chi connectivity index (χ1) is 9.99. The molecule has 4 nitrogen and oxygen atoms in total. The Labute approximate surface area is 142 Å². The minimum absolute atomic E-state index is 0.0250. The molecule has 0 aliphatic heterocycles. The van der Waals surface area contributed by atoms with E-state index in [1.165, 1.54) is 5.56 Å². The summed E-state index contributed by atoms with van der Waals surface area (Å²) in [4.78, 5) is 0. The van der Waals surface area contributed by atoms with Gasteiger partial charge in [0.2, 0.25) is 0 Å². The average molecular weight is 416 g/mol. The molecular formula is C15H20Br2N4. The van der Waals surface area contributed by atoms with Gasteiger partial charge < -0.3 is 0 Å². The zero-order valence-corrected chi connectivity index (χ0v) is 15.6. The summed E-state index contributed by atoms with van der Waals surface area (Å²) >= 11 is 7.31. The highest BCUT2D eigenvalue weighted by Gasteiger charge is 2.20. The Bertz CT molecular complexity index is 637. The van der Waals surface area contributed by atoms with E-state index < -0.39 is 0 Å². The van der Waals surface area contributed by atoms with Crippen LogP contribution >= 0.6 is 31.9 Å². The van der Waals surface area contributed by atoms with Crippen molar-refractivity contribution in [2.24, 2.45) is 5.84 Å². The van der Waals surface area contributed by atoms with E-state index in [4.69, 9.17) is 5.84 Å². The molecule has 0 radical (unpaired) electrons. The van der Waals surface area contributed by atoms with Gasteiger partial charge in [-0.15, -0.1) is 0 Å². The van der Waals surface area contributed by atoms with Gasteiger partial charge in [-0.2, -0.15) is 5.10 Å². The molecule has 0 saturated carbocycles. The van der Waals surface area contributed by atoms with Crippen molar-refractivity contribution < 1.29 is 0 Å². The van der Waals surface area contributed by atoms with Crippen molar-refractivity contribution in [3.8, 4) is 0 Å². The van der Waals surface area contributed by atoms with Crippen LogP contribution in [-0.4, -0.2) is 9.78 Å². The Morgan fingerprint density at radius 1 is 1.29 bits per heavy atom. The van der Waals surface area contributed by atoms with Crippen molar-refractivity contribution in [2.45, 2.75) is 39.8 Å². The molecule has 0 saturated heterocycles. The van der Waals surface area contributed by atoms with Crippen molar-refractivity contribution >= 4 is 31.9 Å². The predicted molar refractivity (Wildman–Crippen MR) is 93.0 cm³/mol. The van der Waals surface area contributed by atoms with E-state index in [0.29, 0.717) is 0 Å². The number of hydrogen-bond acceptors (Lipinski definition) is 3. The van der Waals surface area contributed by atoms with Crippen molar-refractivity contribution in [1.29, 1.82) is 0 Å². The smallest absolute Gasteiger partial charge is 0.0738 e. The Morgan fingerprint density at radius 2 is 2.00 bits per heavy atom. The fraction of sp³-hybridized carbons (Fsp3) is 0.400. The second-order valence-electron chi connectivity index (χ2n) is 5.06. The van der Waals surface area contributed by atoms with Crippen LogP contribution < -0.4 is 11.3 Å². The number of hydrogen-bond donors (Lipinski definition) is 2. The van der Waals surface area contributed by atoms with Gasteiger partial charge in [0.15, 0.2) is 0 Å². The van der Waals surface area contributed by atoms with Crippen LogP contribution in [0.15, 0.2) is 27.1 Å². The van der Waals surface area contributed by atoms with Crippen LogP contribution in [0.5, 0.6) is 0 Å². The number of benzene rings is 1. The zero-order valence-electron chi connectivity index (χ0n) is 12.5. The van der Waals surface area contributed by atoms with Crippen molar-refractivity contribution in [1.82, 2.24) is 15.2 Å². The third-order valence-electron chi connectivity index (χ3n) is 3.65. The van der Waals surface area contributed by atoms with Crippen LogP contribution in [0.1, 0.15) is 35.5 Å². The highest BCUT2D eigenvalue weighted by Crippen LogP contribution is 2.31. The number of nitrogens with zero attached hydrogens (tertiary/aromatic N) is 2. The maximum atomic E-state index is 5.80. The Balaban J connectivity index is 2.38. The highest BCUT2D eigenvalue weighted by molar-refractivity contribution is 9.10. The molecule has 1 aromatic carbocycles. The van der Waals surface area contributed by atoms with E-state index >= 15 is 0 Å². The topological polar surface area (TPSA) is 55.9 Å². The average Bonchev–Trinajstić information content (AvgIpc) is 2.75. The molecule has 114 valence electrons. The molecule has 0 fully saturated rings. The summed E-state index contributed by atoms with van der Waals surface area (Å²) in [6.45, 7) is 7.02. The van der Waals surface area contributed by atoms with Gasteiger partial charge in [-0.1, -0.05) is 34.1 Å². The lowest BCUT2D eigenvalue weighted by molar-refractivity contribution is 0.514. The van der Waals surface area contributed by atoms with E-state index in [1.54, 1.807) is 0 Å². The lowest BCUT2D eigenvalue weighted by Crippen LogP contribution is -2.30. The van der Waals surface area contributed by atoms with E-state index in [9.17, 15) is 0 Å². The lowest BCUT2D eigenvalue weighted by Gasteiger charge is -2.19. The standard InChI is InChI=1S/C15H20Br2N4/c1-4-21-13(15(17)10(3)20-21)8-12(19-18)11-7-5-6-9(2)14(11)16/h5-7,12,19H,4,8,18H2,1-3H3. The molecule has 0 aliphatic carbocycles. The molecule has 0 amide bonds. The molecule has 2 aromatic rings. The molecule has 3 N–H and O–H groups in total. The minimum atomic E-state index is 0.0250. The summed E-state index contributed by atoms with van der Waals surface area (Å²) in [5, 5.41) is 4.54. The molecule has 1 heterocycles. The van der Waals surface area contributed by atoms with Gasteiger partial charge in [0.05, 0.1) is 21.9 Å². The van der Waals surface area contributed by atoms with Gasteiger partial charge in [-0.05, 0) is 47.8 Å². The second kappa shape index (κ2) is 7.05. The molecular weight excluding hydrogens is 396 g/mol. The molecule has 0 bridgehead atoms. The maximum absolute atomic E-state index is 5.80. The van der Waals surface area contributed by atoms with E-state index in [1.807, 2.05) is 11.6 Å². The summed E-state index contributed by atoms with van der Waals surface area (Å²) in [5.41, 5.74) is 7.45. The molecule has 6 heteroatoms. The number of aromatic nitrogens is 2. The third-order valence-corrected chi connectivity index (χ3v) is 5.76. The molecule has 0 spiro atoms. The van der Waals surface area contributed by atoms with Gasteiger partial charge in [0.1, 0.15) is 0 Å². The van der Waals surface area contributed by atoms with Gasteiger partial charge in [0.25, 0.3) is 0 Å². The van der Waals surface area contributed by atoms with Crippen molar-refractivity contribution in [2.75, 3.05) is 0 Å². The Hall–Kier alpha value is -0.690. The molecule has 21 heavy (non-hydrogen) atoms. The number of rotatable bonds is 5. The van der Waals surface area contributed by atoms with E-state index in [-0.39, 0.29) is 6.04 Å². The first-order valence-electron chi connectivity index (χ1n) is 6.92. The van der Waals surface area contributed by atoms with Crippen molar-refractivity contribution in [3.05, 3.63) is 49.7 Å². The summed E-state index contributed by atoms with van der Waals surface area (Å²) in [7, 11) is 0. The second-order valence-corrected chi connectivity index (χ2v) is 6.65. The Kier molecular flexibility index (Phi) is 5.60.